The molecule has 19 heavy (non-hydrogen) atoms. The van der Waals surface area contributed by atoms with Gasteiger partial charge in [0.2, 0.25) is 0 Å². The highest BCUT2D eigenvalue weighted by molar-refractivity contribution is 5.84. The maximum absolute atomic E-state index is 10.9. The second kappa shape index (κ2) is 4.53. The van der Waals surface area contributed by atoms with E-state index >= 15 is 0 Å². The number of nitro groups is 1. The first-order valence-corrected chi connectivity index (χ1v) is 5.88. The van der Waals surface area contributed by atoms with Gasteiger partial charge in [0.25, 0.3) is 5.69 Å². The van der Waals surface area contributed by atoms with E-state index < -0.39 is 4.92 Å². The maximum Gasteiger partial charge on any atom is 0.297 e. The summed E-state index contributed by atoms with van der Waals surface area (Å²) in [6.45, 7) is 0.651. The van der Waals surface area contributed by atoms with Crippen LogP contribution in [0.3, 0.4) is 0 Å². The molecule has 0 unspecified atom stereocenters. The minimum absolute atomic E-state index is 0.0457. The predicted octanol–water partition coefficient (Wildman–Crippen LogP) is 2.99. The zero-order valence-electron chi connectivity index (χ0n) is 10.1. The van der Waals surface area contributed by atoms with Crippen LogP contribution >= 0.6 is 0 Å². The smallest absolute Gasteiger partial charge is 0.297 e. The Morgan fingerprint density at radius 2 is 1.89 bits per heavy atom. The number of aromatic nitrogens is 2. The van der Waals surface area contributed by atoms with Crippen LogP contribution in [0, 0.1) is 10.1 Å². The number of imidazole rings is 1. The maximum atomic E-state index is 10.9. The lowest BCUT2D eigenvalue weighted by Gasteiger charge is -2.04. The summed E-state index contributed by atoms with van der Waals surface area (Å²) in [4.78, 5) is 14.7. The summed E-state index contributed by atoms with van der Waals surface area (Å²) < 4.78 is 1.91. The zero-order chi connectivity index (χ0) is 13.2. The number of fused-ring (bicyclic) bond motifs is 1. The quantitative estimate of drug-likeness (QED) is 0.532. The predicted molar refractivity (Wildman–Crippen MR) is 71.9 cm³/mol. The number of para-hydroxylation sites is 1. The molecule has 1 heterocycles. The van der Waals surface area contributed by atoms with Gasteiger partial charge in [0.1, 0.15) is 0 Å². The van der Waals surface area contributed by atoms with E-state index in [-0.39, 0.29) is 5.69 Å². The standard InChI is InChI=1S/C14H11N3O2/c18-17(19)13-8-4-7-12-14(13)15-10-16(12)9-11-5-2-1-3-6-11/h1-8,10H,9H2. The average molecular weight is 253 g/mol. The monoisotopic (exact) mass is 253 g/mol. The molecule has 0 amide bonds. The highest BCUT2D eigenvalue weighted by Crippen LogP contribution is 2.24. The van der Waals surface area contributed by atoms with Gasteiger partial charge in [0.05, 0.1) is 16.8 Å². The second-order valence-corrected chi connectivity index (χ2v) is 4.26. The third-order valence-corrected chi connectivity index (χ3v) is 3.02. The fraction of sp³-hybridized carbons (Fsp3) is 0.0714. The van der Waals surface area contributed by atoms with Crippen LogP contribution in [0.5, 0.6) is 0 Å². The van der Waals surface area contributed by atoms with E-state index in [4.69, 9.17) is 0 Å². The van der Waals surface area contributed by atoms with Gasteiger partial charge < -0.3 is 4.57 Å². The molecular formula is C14H11N3O2. The van der Waals surface area contributed by atoms with Gasteiger partial charge in [-0.2, -0.15) is 0 Å². The zero-order valence-corrected chi connectivity index (χ0v) is 10.1. The van der Waals surface area contributed by atoms with Crippen molar-refractivity contribution in [3.05, 3.63) is 70.5 Å². The fourth-order valence-corrected chi connectivity index (χ4v) is 2.13. The van der Waals surface area contributed by atoms with Crippen molar-refractivity contribution in [1.82, 2.24) is 9.55 Å². The van der Waals surface area contributed by atoms with Crippen molar-refractivity contribution >= 4 is 16.7 Å². The van der Waals surface area contributed by atoms with E-state index in [1.165, 1.54) is 6.07 Å². The molecule has 5 nitrogen and oxygen atoms in total. The third-order valence-electron chi connectivity index (χ3n) is 3.02. The van der Waals surface area contributed by atoms with Crippen LogP contribution in [-0.2, 0) is 6.54 Å². The summed E-state index contributed by atoms with van der Waals surface area (Å²) >= 11 is 0. The largest absolute Gasteiger partial charge is 0.326 e. The normalized spacial score (nSPS) is 10.7. The lowest BCUT2D eigenvalue weighted by atomic mass is 10.2. The van der Waals surface area contributed by atoms with Gasteiger partial charge in [-0.25, -0.2) is 4.98 Å². The summed E-state index contributed by atoms with van der Waals surface area (Å²) in [5.74, 6) is 0. The lowest BCUT2D eigenvalue weighted by molar-refractivity contribution is -0.383. The summed E-state index contributed by atoms with van der Waals surface area (Å²) in [5, 5.41) is 10.9. The van der Waals surface area contributed by atoms with Crippen LogP contribution in [0.2, 0.25) is 0 Å². The van der Waals surface area contributed by atoms with Gasteiger partial charge in [0.15, 0.2) is 5.52 Å². The molecule has 0 fully saturated rings. The SMILES string of the molecule is O=[N+]([O-])c1cccc2c1ncn2Cc1ccccc1. The molecule has 5 heteroatoms. The van der Waals surface area contributed by atoms with E-state index in [0.29, 0.717) is 12.1 Å². The van der Waals surface area contributed by atoms with E-state index in [1.807, 2.05) is 41.0 Å². The molecule has 0 atom stereocenters. The molecule has 2 aromatic carbocycles. The van der Waals surface area contributed by atoms with Crippen molar-refractivity contribution in [3.8, 4) is 0 Å². The van der Waals surface area contributed by atoms with Crippen molar-refractivity contribution in [2.24, 2.45) is 0 Å². The summed E-state index contributed by atoms with van der Waals surface area (Å²) in [5.41, 5.74) is 2.39. The number of nitrogens with zero attached hydrogens (tertiary/aromatic N) is 3. The minimum atomic E-state index is -0.401. The van der Waals surface area contributed by atoms with Crippen LogP contribution in [0.15, 0.2) is 54.9 Å². The van der Waals surface area contributed by atoms with E-state index in [1.54, 1.807) is 12.4 Å². The highest BCUT2D eigenvalue weighted by atomic mass is 16.6. The molecule has 0 aliphatic carbocycles. The molecule has 1 aromatic heterocycles. The van der Waals surface area contributed by atoms with Gasteiger partial charge in [-0.1, -0.05) is 36.4 Å². The highest BCUT2D eigenvalue weighted by Gasteiger charge is 2.15. The first-order chi connectivity index (χ1) is 9.25. The Labute approximate surface area is 109 Å². The molecule has 0 saturated heterocycles. The van der Waals surface area contributed by atoms with Crippen LogP contribution in [0.25, 0.3) is 11.0 Å². The molecule has 0 bridgehead atoms. The molecule has 3 rings (SSSR count). The van der Waals surface area contributed by atoms with Gasteiger partial charge in [-0.3, -0.25) is 10.1 Å². The Balaban J connectivity index is 2.07. The molecule has 94 valence electrons. The van der Waals surface area contributed by atoms with Crippen molar-refractivity contribution in [2.75, 3.05) is 0 Å². The Kier molecular flexibility index (Phi) is 2.72. The molecule has 3 aromatic rings. The van der Waals surface area contributed by atoms with Crippen molar-refractivity contribution in [1.29, 1.82) is 0 Å². The van der Waals surface area contributed by atoms with Crippen LogP contribution in [0.4, 0.5) is 5.69 Å². The van der Waals surface area contributed by atoms with Gasteiger partial charge in [0, 0.05) is 12.6 Å². The molecule has 0 aliphatic rings. The lowest BCUT2D eigenvalue weighted by Crippen LogP contribution is -1.97. The second-order valence-electron chi connectivity index (χ2n) is 4.26. The summed E-state index contributed by atoms with van der Waals surface area (Å²) in [7, 11) is 0. The number of hydrogen-bond donors (Lipinski definition) is 0. The van der Waals surface area contributed by atoms with Gasteiger partial charge in [-0.15, -0.1) is 0 Å². The van der Waals surface area contributed by atoms with Crippen LogP contribution in [-0.4, -0.2) is 14.5 Å². The number of non-ortho nitro benzene ring substituents is 1. The van der Waals surface area contributed by atoms with Crippen molar-refractivity contribution in [3.63, 3.8) is 0 Å². The average Bonchev–Trinajstić information content (AvgIpc) is 2.83. The molecule has 0 saturated carbocycles. The Bertz CT molecular complexity index is 735. The van der Waals surface area contributed by atoms with Crippen molar-refractivity contribution in [2.45, 2.75) is 6.54 Å². The fourth-order valence-electron chi connectivity index (χ4n) is 2.13. The third kappa shape index (κ3) is 2.06. The Hall–Kier alpha value is -2.69. The first-order valence-electron chi connectivity index (χ1n) is 5.88. The molecular weight excluding hydrogens is 242 g/mol. The van der Waals surface area contributed by atoms with Gasteiger partial charge in [-0.05, 0) is 11.6 Å². The van der Waals surface area contributed by atoms with E-state index in [9.17, 15) is 10.1 Å². The first kappa shape index (κ1) is 11.4. The molecule has 0 radical (unpaired) electrons. The van der Waals surface area contributed by atoms with Crippen LogP contribution in [0.1, 0.15) is 5.56 Å². The Morgan fingerprint density at radius 3 is 2.63 bits per heavy atom. The van der Waals surface area contributed by atoms with Crippen LogP contribution < -0.4 is 0 Å². The van der Waals surface area contributed by atoms with E-state index in [2.05, 4.69) is 4.98 Å². The number of rotatable bonds is 3. The van der Waals surface area contributed by atoms with E-state index in [0.717, 1.165) is 11.1 Å². The van der Waals surface area contributed by atoms with Crippen molar-refractivity contribution < 1.29 is 4.92 Å². The Morgan fingerprint density at radius 1 is 1.11 bits per heavy atom. The summed E-state index contributed by atoms with van der Waals surface area (Å²) in [6.07, 6.45) is 1.64. The number of nitro benzene ring substituents is 1. The number of benzene rings is 2. The molecule has 0 N–H and O–H groups in total. The molecule has 0 aliphatic heterocycles. The topological polar surface area (TPSA) is 61.0 Å². The summed E-state index contributed by atoms with van der Waals surface area (Å²) in [6, 6.07) is 14.9. The number of hydrogen-bond acceptors (Lipinski definition) is 3. The molecule has 0 spiro atoms. The minimum Gasteiger partial charge on any atom is -0.326 e. The van der Waals surface area contributed by atoms with Gasteiger partial charge >= 0.3 is 0 Å².